The monoisotopic (exact) mass is 443 g/mol. The van der Waals surface area contributed by atoms with Crippen molar-refractivity contribution in [3.05, 3.63) is 52.1 Å². The molecule has 0 atom stereocenters. The minimum atomic E-state index is -0.706. The fourth-order valence-electron chi connectivity index (χ4n) is 4.41. The summed E-state index contributed by atoms with van der Waals surface area (Å²) in [5.41, 5.74) is 2.38. The number of carbonyl (C=O) groups excluding carboxylic acids is 3. The Kier molecular flexibility index (Phi) is 7.13. The lowest BCUT2D eigenvalue weighted by Gasteiger charge is -2.25. The van der Waals surface area contributed by atoms with Gasteiger partial charge >= 0.3 is 0 Å². The summed E-state index contributed by atoms with van der Waals surface area (Å²) in [5, 5.41) is 15.2. The standard InChI is InChI=1S/C24H30FN3O4/c1-5-28-15(4)20(23(31)27-17-8-11-19(25)13(2)12-17)14(3)21(28)22(30)24(32)26-16-6-9-18(29)10-7-16/h8,11-12,16,18,29H,5-7,9-10H2,1-4H3,(H,26,32)(H,27,31). The fraction of sp³-hybridized carbons (Fsp3) is 0.458. The Hall–Kier alpha value is -3.00. The predicted octanol–water partition coefficient (Wildman–Crippen LogP) is 3.43. The highest BCUT2D eigenvalue weighted by Gasteiger charge is 2.31. The molecule has 1 aliphatic carbocycles. The third-order valence-electron chi connectivity index (χ3n) is 6.18. The van der Waals surface area contributed by atoms with Gasteiger partial charge in [-0.1, -0.05) is 0 Å². The number of anilines is 1. The third-order valence-corrected chi connectivity index (χ3v) is 6.18. The largest absolute Gasteiger partial charge is 0.393 e. The second-order valence-electron chi connectivity index (χ2n) is 8.40. The van der Waals surface area contributed by atoms with Gasteiger partial charge < -0.3 is 20.3 Å². The number of halogens is 1. The Morgan fingerprint density at radius 1 is 1.12 bits per heavy atom. The van der Waals surface area contributed by atoms with E-state index in [0.29, 0.717) is 60.3 Å². The van der Waals surface area contributed by atoms with Crippen molar-refractivity contribution in [1.82, 2.24) is 9.88 Å². The van der Waals surface area contributed by atoms with Crippen LogP contribution in [0.4, 0.5) is 10.1 Å². The second kappa shape index (κ2) is 9.65. The molecule has 3 N–H and O–H groups in total. The molecule has 0 unspecified atom stereocenters. The third kappa shape index (κ3) is 4.75. The van der Waals surface area contributed by atoms with Crippen LogP contribution in [0.3, 0.4) is 0 Å². The Morgan fingerprint density at radius 2 is 1.78 bits per heavy atom. The first-order chi connectivity index (χ1) is 15.1. The molecule has 172 valence electrons. The molecule has 3 rings (SSSR count). The molecule has 1 aromatic heterocycles. The molecule has 0 aliphatic heterocycles. The van der Waals surface area contributed by atoms with Crippen LogP contribution in [-0.2, 0) is 11.3 Å². The van der Waals surface area contributed by atoms with Crippen LogP contribution in [-0.4, -0.2) is 39.4 Å². The van der Waals surface area contributed by atoms with Crippen LogP contribution in [0.5, 0.6) is 0 Å². The number of aryl methyl sites for hydroxylation is 1. The second-order valence-corrected chi connectivity index (χ2v) is 8.40. The molecule has 0 saturated heterocycles. The molecule has 1 aromatic carbocycles. The molecule has 0 bridgehead atoms. The molecule has 0 radical (unpaired) electrons. The van der Waals surface area contributed by atoms with Crippen molar-refractivity contribution in [2.45, 2.75) is 72.1 Å². The van der Waals surface area contributed by atoms with E-state index in [1.54, 1.807) is 25.3 Å². The van der Waals surface area contributed by atoms with Crippen LogP contribution in [0, 0.1) is 26.6 Å². The van der Waals surface area contributed by atoms with Crippen molar-refractivity contribution in [3.8, 4) is 0 Å². The van der Waals surface area contributed by atoms with E-state index in [0.717, 1.165) is 0 Å². The Morgan fingerprint density at radius 3 is 2.38 bits per heavy atom. The molecule has 0 spiro atoms. The Bertz CT molecular complexity index is 1050. The molecule has 2 aromatic rings. The van der Waals surface area contributed by atoms with E-state index in [1.165, 1.54) is 18.2 Å². The van der Waals surface area contributed by atoms with Crippen LogP contribution < -0.4 is 10.6 Å². The number of nitrogens with zero attached hydrogens (tertiary/aromatic N) is 1. The van der Waals surface area contributed by atoms with E-state index >= 15 is 0 Å². The number of Topliss-reactive ketones (excluding diaryl/α,β-unsaturated/α-hetero) is 1. The highest BCUT2D eigenvalue weighted by molar-refractivity contribution is 6.43. The topological polar surface area (TPSA) is 100 Å². The lowest BCUT2D eigenvalue weighted by atomic mass is 9.93. The van der Waals surface area contributed by atoms with Crippen LogP contribution in [0.2, 0.25) is 0 Å². The highest BCUT2D eigenvalue weighted by Crippen LogP contribution is 2.25. The van der Waals surface area contributed by atoms with Gasteiger partial charge in [0, 0.05) is 24.0 Å². The summed E-state index contributed by atoms with van der Waals surface area (Å²) < 4.78 is 15.2. The average Bonchev–Trinajstić information content (AvgIpc) is 3.01. The summed E-state index contributed by atoms with van der Waals surface area (Å²) in [4.78, 5) is 38.8. The molecule has 2 amide bonds. The first-order valence-corrected chi connectivity index (χ1v) is 10.9. The van der Waals surface area contributed by atoms with Crippen molar-refractivity contribution in [1.29, 1.82) is 0 Å². The quantitative estimate of drug-likeness (QED) is 0.470. The number of nitrogens with one attached hydrogen (secondary N) is 2. The van der Waals surface area contributed by atoms with Gasteiger partial charge in [-0.05, 0) is 82.7 Å². The maximum absolute atomic E-state index is 13.5. The highest BCUT2D eigenvalue weighted by atomic mass is 19.1. The lowest BCUT2D eigenvalue weighted by molar-refractivity contribution is -0.118. The van der Waals surface area contributed by atoms with Gasteiger partial charge in [0.15, 0.2) is 0 Å². The van der Waals surface area contributed by atoms with Crippen molar-refractivity contribution < 1.29 is 23.9 Å². The van der Waals surface area contributed by atoms with Gasteiger partial charge in [-0.3, -0.25) is 14.4 Å². The normalized spacial score (nSPS) is 18.3. The average molecular weight is 444 g/mol. The van der Waals surface area contributed by atoms with Crippen LogP contribution in [0.1, 0.15) is 70.3 Å². The van der Waals surface area contributed by atoms with Crippen molar-refractivity contribution in [2.24, 2.45) is 0 Å². The SMILES string of the molecule is CCn1c(C)c(C(=O)Nc2ccc(F)c(C)c2)c(C)c1C(=O)C(=O)NC1CCC(O)CC1. The van der Waals surface area contributed by atoms with Crippen molar-refractivity contribution >= 4 is 23.3 Å². The number of hydrogen-bond acceptors (Lipinski definition) is 4. The molecule has 1 saturated carbocycles. The number of aliphatic hydroxyl groups is 1. The molecular weight excluding hydrogens is 413 g/mol. The summed E-state index contributed by atoms with van der Waals surface area (Å²) >= 11 is 0. The first kappa shape index (κ1) is 23.7. The van der Waals surface area contributed by atoms with Crippen molar-refractivity contribution in [2.75, 3.05) is 5.32 Å². The fourth-order valence-corrected chi connectivity index (χ4v) is 4.41. The predicted molar refractivity (Wildman–Crippen MR) is 119 cm³/mol. The van der Waals surface area contributed by atoms with E-state index in [9.17, 15) is 23.9 Å². The van der Waals surface area contributed by atoms with Gasteiger partial charge in [0.2, 0.25) is 0 Å². The van der Waals surface area contributed by atoms with E-state index in [4.69, 9.17) is 0 Å². The van der Waals surface area contributed by atoms with Crippen molar-refractivity contribution in [3.63, 3.8) is 0 Å². The maximum atomic E-state index is 13.5. The summed E-state index contributed by atoms with van der Waals surface area (Å²) in [7, 11) is 0. The lowest BCUT2D eigenvalue weighted by Crippen LogP contribution is -2.42. The van der Waals surface area contributed by atoms with E-state index in [2.05, 4.69) is 10.6 Å². The van der Waals surface area contributed by atoms with E-state index < -0.39 is 17.6 Å². The number of aliphatic hydroxyl groups excluding tert-OH is 1. The zero-order valence-corrected chi connectivity index (χ0v) is 18.9. The molecule has 8 heteroatoms. The zero-order chi connectivity index (χ0) is 23.6. The van der Waals surface area contributed by atoms with Crippen LogP contribution >= 0.6 is 0 Å². The molecule has 7 nitrogen and oxygen atoms in total. The van der Waals surface area contributed by atoms with Gasteiger partial charge in [-0.2, -0.15) is 0 Å². The summed E-state index contributed by atoms with van der Waals surface area (Å²) in [6, 6.07) is 4.15. The smallest absolute Gasteiger partial charge is 0.294 e. The molecule has 32 heavy (non-hydrogen) atoms. The van der Waals surface area contributed by atoms with Gasteiger partial charge in [-0.25, -0.2) is 4.39 Å². The van der Waals surface area contributed by atoms with Gasteiger partial charge in [0.05, 0.1) is 17.4 Å². The van der Waals surface area contributed by atoms with Gasteiger partial charge in [-0.15, -0.1) is 0 Å². The van der Waals surface area contributed by atoms with Crippen LogP contribution in [0.25, 0.3) is 0 Å². The summed E-state index contributed by atoms with van der Waals surface area (Å²) in [5.74, 6) is -2.18. The molecule has 1 heterocycles. The number of rotatable bonds is 6. The van der Waals surface area contributed by atoms with Gasteiger partial charge in [0.25, 0.3) is 17.6 Å². The molecule has 1 aliphatic rings. The molecule has 1 fully saturated rings. The summed E-state index contributed by atoms with van der Waals surface area (Å²) in [6.45, 7) is 7.26. The number of amides is 2. The number of carbonyl (C=O) groups is 3. The zero-order valence-electron chi connectivity index (χ0n) is 18.9. The number of aromatic nitrogens is 1. The minimum Gasteiger partial charge on any atom is -0.393 e. The summed E-state index contributed by atoms with van der Waals surface area (Å²) in [6.07, 6.45) is 2.08. The maximum Gasteiger partial charge on any atom is 0.294 e. The van der Waals surface area contributed by atoms with Gasteiger partial charge in [0.1, 0.15) is 5.82 Å². The van der Waals surface area contributed by atoms with E-state index in [-0.39, 0.29) is 23.7 Å². The van der Waals surface area contributed by atoms with E-state index in [1.807, 2.05) is 6.92 Å². The number of hydrogen-bond donors (Lipinski definition) is 3. The molecular formula is C24H30FN3O4. The Labute approximate surface area is 187 Å². The first-order valence-electron chi connectivity index (χ1n) is 10.9. The number of ketones is 1. The Balaban J connectivity index is 1.85. The number of benzene rings is 1. The minimum absolute atomic E-state index is 0.147. The van der Waals surface area contributed by atoms with Crippen LogP contribution in [0.15, 0.2) is 18.2 Å².